The molecule has 0 aliphatic carbocycles. The number of pyridine rings is 1. The van der Waals surface area contributed by atoms with Crippen molar-refractivity contribution in [1.29, 1.82) is 0 Å². The third-order valence-electron chi connectivity index (χ3n) is 2.51. The van der Waals surface area contributed by atoms with Crippen molar-refractivity contribution in [2.24, 2.45) is 16.8 Å². The number of rotatable bonds is 3. The van der Waals surface area contributed by atoms with Gasteiger partial charge in [-0.25, -0.2) is 5.43 Å². The van der Waals surface area contributed by atoms with Crippen molar-refractivity contribution in [3.05, 3.63) is 30.1 Å². The van der Waals surface area contributed by atoms with Crippen LogP contribution >= 0.6 is 0 Å². The number of primary amides is 1. The SMILES string of the molecule is NC(=O)[C@@H]1C(=O)NC(=O)/C1=N\NC(=O)c1ccncc1. The molecule has 2 heterocycles. The van der Waals surface area contributed by atoms with E-state index in [0.717, 1.165) is 0 Å². The normalized spacial score (nSPS) is 19.8. The average molecular weight is 275 g/mol. The number of carbonyl (C=O) groups is 4. The van der Waals surface area contributed by atoms with Gasteiger partial charge in [0.15, 0.2) is 5.92 Å². The minimum absolute atomic E-state index is 0.254. The summed E-state index contributed by atoms with van der Waals surface area (Å²) >= 11 is 0. The van der Waals surface area contributed by atoms with Gasteiger partial charge in [-0.2, -0.15) is 5.10 Å². The van der Waals surface area contributed by atoms with Crippen molar-refractivity contribution in [3.63, 3.8) is 0 Å². The summed E-state index contributed by atoms with van der Waals surface area (Å²) in [6, 6.07) is 2.86. The fourth-order valence-electron chi connectivity index (χ4n) is 1.56. The van der Waals surface area contributed by atoms with Crippen LogP contribution in [0.1, 0.15) is 10.4 Å². The van der Waals surface area contributed by atoms with Gasteiger partial charge in [-0.1, -0.05) is 0 Å². The Labute approximate surface area is 112 Å². The van der Waals surface area contributed by atoms with Crippen LogP contribution in [0.5, 0.6) is 0 Å². The molecule has 0 saturated carbocycles. The summed E-state index contributed by atoms with van der Waals surface area (Å²) in [4.78, 5) is 49.2. The molecule has 0 spiro atoms. The minimum atomic E-state index is -1.50. The molecule has 9 nitrogen and oxygen atoms in total. The fourth-order valence-corrected chi connectivity index (χ4v) is 1.56. The van der Waals surface area contributed by atoms with Gasteiger partial charge < -0.3 is 5.73 Å². The highest BCUT2D eigenvalue weighted by atomic mass is 16.2. The zero-order valence-electron chi connectivity index (χ0n) is 9.99. The second-order valence-corrected chi connectivity index (χ2v) is 3.83. The first-order chi connectivity index (χ1) is 9.50. The number of amides is 4. The number of aromatic nitrogens is 1. The highest BCUT2D eigenvalue weighted by Gasteiger charge is 2.42. The van der Waals surface area contributed by atoms with Crippen LogP contribution in [0.25, 0.3) is 0 Å². The predicted molar refractivity (Wildman–Crippen MR) is 65.0 cm³/mol. The van der Waals surface area contributed by atoms with Gasteiger partial charge in [-0.05, 0) is 12.1 Å². The van der Waals surface area contributed by atoms with Crippen molar-refractivity contribution in [2.75, 3.05) is 0 Å². The number of hydrogen-bond acceptors (Lipinski definition) is 6. The maximum absolute atomic E-state index is 11.7. The van der Waals surface area contributed by atoms with Crippen LogP contribution in [0, 0.1) is 5.92 Å². The molecule has 0 aromatic carbocycles. The van der Waals surface area contributed by atoms with Gasteiger partial charge in [0.25, 0.3) is 11.8 Å². The molecule has 9 heteroatoms. The van der Waals surface area contributed by atoms with Gasteiger partial charge >= 0.3 is 0 Å². The van der Waals surface area contributed by atoms with Crippen molar-refractivity contribution < 1.29 is 19.2 Å². The fraction of sp³-hybridized carbons (Fsp3) is 0.0909. The van der Waals surface area contributed by atoms with E-state index in [4.69, 9.17) is 5.73 Å². The molecular weight excluding hydrogens is 266 g/mol. The van der Waals surface area contributed by atoms with E-state index in [0.29, 0.717) is 0 Å². The topological polar surface area (TPSA) is 144 Å². The molecule has 1 aliphatic rings. The number of nitrogens with two attached hydrogens (primary N) is 1. The Kier molecular flexibility index (Phi) is 3.51. The maximum atomic E-state index is 11.7. The number of nitrogens with zero attached hydrogens (tertiary/aromatic N) is 2. The molecule has 0 radical (unpaired) electrons. The second kappa shape index (κ2) is 5.26. The zero-order chi connectivity index (χ0) is 14.7. The van der Waals surface area contributed by atoms with E-state index in [-0.39, 0.29) is 5.56 Å². The smallest absolute Gasteiger partial charge is 0.275 e. The molecule has 1 fully saturated rings. The number of carbonyl (C=O) groups excluding carboxylic acids is 4. The lowest BCUT2D eigenvalue weighted by Gasteiger charge is -2.03. The van der Waals surface area contributed by atoms with E-state index in [2.05, 4.69) is 15.5 Å². The van der Waals surface area contributed by atoms with E-state index in [1.165, 1.54) is 24.5 Å². The molecule has 0 unspecified atom stereocenters. The summed E-state index contributed by atoms with van der Waals surface area (Å²) in [5.74, 6) is -4.87. The first kappa shape index (κ1) is 13.3. The maximum Gasteiger partial charge on any atom is 0.275 e. The standard InChI is InChI=1S/C11H9N5O4/c12-8(17)6-7(11(20)14-10(6)19)15-16-9(18)5-1-3-13-4-2-5/h1-4,6H,(H2,12,17)(H,16,18)(H,14,19,20)/b15-7-/t6-/m1/s1. The minimum Gasteiger partial charge on any atom is -0.369 e. The predicted octanol–water partition coefficient (Wildman–Crippen LogP) is -2.07. The quantitative estimate of drug-likeness (QED) is 0.329. The van der Waals surface area contributed by atoms with Crippen LogP contribution in [-0.2, 0) is 14.4 Å². The van der Waals surface area contributed by atoms with E-state index in [1.807, 2.05) is 5.32 Å². The summed E-state index contributed by atoms with van der Waals surface area (Å²) in [6.07, 6.45) is 2.81. The van der Waals surface area contributed by atoms with Crippen LogP contribution in [0.2, 0.25) is 0 Å². The summed E-state index contributed by atoms with van der Waals surface area (Å²) in [5, 5.41) is 5.39. The Morgan fingerprint density at radius 1 is 1.30 bits per heavy atom. The third-order valence-corrected chi connectivity index (χ3v) is 2.51. The highest BCUT2D eigenvalue weighted by molar-refractivity contribution is 6.54. The molecule has 2 rings (SSSR count). The Hall–Kier alpha value is -3.10. The second-order valence-electron chi connectivity index (χ2n) is 3.83. The van der Waals surface area contributed by atoms with Crippen LogP contribution in [0.4, 0.5) is 0 Å². The van der Waals surface area contributed by atoms with Crippen LogP contribution in [-0.4, -0.2) is 34.3 Å². The van der Waals surface area contributed by atoms with E-state index in [1.54, 1.807) is 0 Å². The number of imide groups is 1. The summed E-state index contributed by atoms with van der Waals surface area (Å²) in [7, 11) is 0. The zero-order valence-corrected chi connectivity index (χ0v) is 9.99. The van der Waals surface area contributed by atoms with Gasteiger partial charge in [-0.15, -0.1) is 0 Å². The molecule has 0 bridgehead atoms. The molecule has 1 aromatic heterocycles. The van der Waals surface area contributed by atoms with Gasteiger partial charge in [-0.3, -0.25) is 29.5 Å². The first-order valence-electron chi connectivity index (χ1n) is 5.43. The molecule has 4 amide bonds. The Morgan fingerprint density at radius 2 is 1.95 bits per heavy atom. The third kappa shape index (κ3) is 2.51. The number of nitrogens with one attached hydrogen (secondary N) is 2. The van der Waals surface area contributed by atoms with Crippen molar-refractivity contribution in [3.8, 4) is 0 Å². The van der Waals surface area contributed by atoms with E-state index >= 15 is 0 Å². The van der Waals surface area contributed by atoms with E-state index in [9.17, 15) is 19.2 Å². The number of hydrazone groups is 1. The molecular formula is C11H9N5O4. The lowest BCUT2D eigenvalue weighted by Crippen LogP contribution is -2.34. The first-order valence-corrected chi connectivity index (χ1v) is 5.43. The molecule has 4 N–H and O–H groups in total. The lowest BCUT2D eigenvalue weighted by molar-refractivity contribution is -0.130. The molecule has 1 aromatic rings. The van der Waals surface area contributed by atoms with Crippen LogP contribution < -0.4 is 16.5 Å². The van der Waals surface area contributed by atoms with E-state index < -0.39 is 35.3 Å². The summed E-state index contributed by atoms with van der Waals surface area (Å²) in [6.45, 7) is 0. The highest BCUT2D eigenvalue weighted by Crippen LogP contribution is 2.07. The van der Waals surface area contributed by atoms with Crippen LogP contribution in [0.3, 0.4) is 0 Å². The average Bonchev–Trinajstić information content (AvgIpc) is 2.71. The number of hydrogen-bond donors (Lipinski definition) is 3. The van der Waals surface area contributed by atoms with Gasteiger partial charge in [0.05, 0.1) is 0 Å². The molecule has 1 aliphatic heterocycles. The van der Waals surface area contributed by atoms with Gasteiger partial charge in [0.1, 0.15) is 5.71 Å². The van der Waals surface area contributed by atoms with Crippen LogP contribution in [0.15, 0.2) is 29.6 Å². The van der Waals surface area contributed by atoms with Crippen molar-refractivity contribution in [1.82, 2.24) is 15.7 Å². The largest absolute Gasteiger partial charge is 0.369 e. The van der Waals surface area contributed by atoms with Crippen molar-refractivity contribution >= 4 is 29.3 Å². The monoisotopic (exact) mass is 275 g/mol. The molecule has 1 atom stereocenters. The van der Waals surface area contributed by atoms with Gasteiger partial charge in [0, 0.05) is 18.0 Å². The molecule has 20 heavy (non-hydrogen) atoms. The van der Waals surface area contributed by atoms with Crippen molar-refractivity contribution in [2.45, 2.75) is 0 Å². The Balaban J connectivity index is 2.18. The van der Waals surface area contributed by atoms with Gasteiger partial charge in [0.2, 0.25) is 11.8 Å². The Morgan fingerprint density at radius 3 is 2.55 bits per heavy atom. The summed E-state index contributed by atoms with van der Waals surface area (Å²) in [5.41, 5.74) is 6.90. The molecule has 1 saturated heterocycles. The lowest BCUT2D eigenvalue weighted by atomic mass is 10.1. The Bertz CT molecular complexity index is 625. The summed E-state index contributed by atoms with van der Waals surface area (Å²) < 4.78 is 0. The molecule has 102 valence electrons.